The van der Waals surface area contributed by atoms with E-state index < -0.39 is 0 Å². The van der Waals surface area contributed by atoms with Crippen LogP contribution in [0.5, 0.6) is 0 Å². The summed E-state index contributed by atoms with van der Waals surface area (Å²) >= 11 is 7.29. The number of carbonyl (C=O) groups is 2. The molecule has 0 radical (unpaired) electrons. The van der Waals surface area contributed by atoms with Gasteiger partial charge >= 0.3 is 0 Å². The summed E-state index contributed by atoms with van der Waals surface area (Å²) in [6.07, 6.45) is 1.36. The van der Waals surface area contributed by atoms with Crippen molar-refractivity contribution in [2.75, 3.05) is 6.54 Å². The number of carbonyl (C=O) groups excluding carboxylic acids is 2. The monoisotopic (exact) mass is 287 g/mol. The van der Waals surface area contributed by atoms with Crippen molar-refractivity contribution < 1.29 is 9.59 Å². The Hall–Kier alpha value is -0.870. The van der Waals surface area contributed by atoms with Gasteiger partial charge in [-0.15, -0.1) is 11.3 Å². The maximum Gasteiger partial charge on any atom is 0.263 e. The summed E-state index contributed by atoms with van der Waals surface area (Å²) in [5.41, 5.74) is 0.887. The number of hydrogen-bond acceptors (Lipinski definition) is 3. The normalized spacial score (nSPS) is 10.7. The fourth-order valence-electron chi connectivity index (χ4n) is 1.38. The van der Waals surface area contributed by atoms with Crippen molar-refractivity contribution in [2.24, 2.45) is 5.92 Å². The lowest BCUT2D eigenvalue weighted by Gasteiger charge is -2.05. The highest BCUT2D eigenvalue weighted by Crippen LogP contribution is 2.26. The Bertz CT molecular complexity index is 440. The third-order valence-electron chi connectivity index (χ3n) is 2.55. The van der Waals surface area contributed by atoms with Gasteiger partial charge in [-0.05, 0) is 30.2 Å². The van der Waals surface area contributed by atoms with Crippen LogP contribution in [0.2, 0.25) is 5.02 Å². The molecule has 0 unspecified atom stereocenters. The van der Waals surface area contributed by atoms with E-state index in [1.165, 1.54) is 11.3 Å². The molecule has 1 N–H and O–H groups in total. The number of hydrogen-bond donors (Lipinski definition) is 1. The summed E-state index contributed by atoms with van der Waals surface area (Å²) in [5, 5.41) is 4.92. The summed E-state index contributed by atoms with van der Waals surface area (Å²) in [6.45, 7) is 6.07. The van der Waals surface area contributed by atoms with Gasteiger partial charge in [0.1, 0.15) is 4.88 Å². The van der Waals surface area contributed by atoms with E-state index >= 15 is 0 Å². The van der Waals surface area contributed by atoms with E-state index in [4.69, 9.17) is 11.6 Å². The molecule has 1 aromatic heterocycles. The Labute approximate surface area is 117 Å². The fourth-order valence-corrected chi connectivity index (χ4v) is 2.58. The van der Waals surface area contributed by atoms with Crippen molar-refractivity contribution in [1.82, 2.24) is 5.32 Å². The standard InChI is InChI=1S/C13H18ClNO2S/c1-8(2)4-5-10(16)6-15-13(17)12-11(14)9(3)7-18-12/h7-8H,4-6H2,1-3H3,(H,15,17). The maximum absolute atomic E-state index is 11.8. The first-order valence-electron chi connectivity index (χ1n) is 5.95. The van der Waals surface area contributed by atoms with Crippen LogP contribution in [0.1, 0.15) is 41.9 Å². The molecule has 1 amide bonds. The zero-order chi connectivity index (χ0) is 13.7. The predicted octanol–water partition coefficient (Wildman–Crippen LogP) is 3.45. The Morgan fingerprint density at radius 3 is 2.61 bits per heavy atom. The first-order valence-corrected chi connectivity index (χ1v) is 7.21. The molecule has 0 aliphatic rings. The molecule has 0 fully saturated rings. The van der Waals surface area contributed by atoms with Gasteiger partial charge in [0.2, 0.25) is 0 Å². The number of nitrogens with one attached hydrogen (secondary N) is 1. The molecule has 3 nitrogen and oxygen atoms in total. The molecule has 0 atom stereocenters. The first-order chi connectivity index (χ1) is 8.41. The van der Waals surface area contributed by atoms with Gasteiger partial charge in [-0.25, -0.2) is 0 Å². The third-order valence-corrected chi connectivity index (χ3v) is 4.25. The lowest BCUT2D eigenvalue weighted by Crippen LogP contribution is -2.29. The second-order valence-electron chi connectivity index (χ2n) is 4.72. The van der Waals surface area contributed by atoms with Crippen LogP contribution in [0.25, 0.3) is 0 Å². The van der Waals surface area contributed by atoms with Crippen LogP contribution in [0.15, 0.2) is 5.38 Å². The van der Waals surface area contributed by atoms with Crippen LogP contribution in [0, 0.1) is 12.8 Å². The highest BCUT2D eigenvalue weighted by Gasteiger charge is 2.15. The van der Waals surface area contributed by atoms with Gasteiger partial charge < -0.3 is 5.32 Å². The second-order valence-corrected chi connectivity index (χ2v) is 5.97. The van der Waals surface area contributed by atoms with Crippen LogP contribution in [-0.4, -0.2) is 18.2 Å². The summed E-state index contributed by atoms with van der Waals surface area (Å²) in [7, 11) is 0. The van der Waals surface area contributed by atoms with Gasteiger partial charge in [0.25, 0.3) is 5.91 Å². The van der Waals surface area contributed by atoms with Crippen LogP contribution < -0.4 is 5.32 Å². The number of rotatable bonds is 6. The van der Waals surface area contributed by atoms with Crippen molar-refractivity contribution in [3.8, 4) is 0 Å². The molecule has 0 bridgehead atoms. The number of amides is 1. The molecule has 0 spiro atoms. The van der Waals surface area contributed by atoms with Gasteiger partial charge in [-0.1, -0.05) is 25.4 Å². The molecular formula is C13H18ClNO2S. The molecule has 0 saturated heterocycles. The minimum atomic E-state index is -0.268. The molecular weight excluding hydrogens is 270 g/mol. The van der Waals surface area contributed by atoms with Crippen molar-refractivity contribution in [2.45, 2.75) is 33.6 Å². The summed E-state index contributed by atoms with van der Waals surface area (Å²) in [6, 6.07) is 0. The molecule has 0 aromatic carbocycles. The Balaban J connectivity index is 2.42. The summed E-state index contributed by atoms with van der Waals surface area (Å²) in [5.74, 6) is 0.288. The number of thiophene rings is 1. The third kappa shape index (κ3) is 4.42. The maximum atomic E-state index is 11.8. The smallest absolute Gasteiger partial charge is 0.263 e. The van der Waals surface area contributed by atoms with E-state index in [9.17, 15) is 9.59 Å². The lowest BCUT2D eigenvalue weighted by atomic mass is 10.1. The molecule has 1 heterocycles. The molecule has 5 heteroatoms. The molecule has 1 aromatic rings. The highest BCUT2D eigenvalue weighted by atomic mass is 35.5. The van der Waals surface area contributed by atoms with Gasteiger partial charge in [0.05, 0.1) is 11.6 Å². The van der Waals surface area contributed by atoms with E-state index in [-0.39, 0.29) is 18.2 Å². The second kappa shape index (κ2) is 6.90. The van der Waals surface area contributed by atoms with E-state index in [0.717, 1.165) is 12.0 Å². The van der Waals surface area contributed by atoms with Crippen molar-refractivity contribution in [1.29, 1.82) is 0 Å². The molecule has 0 aliphatic heterocycles. The Kier molecular flexibility index (Phi) is 5.82. The molecule has 0 aliphatic carbocycles. The van der Waals surface area contributed by atoms with Crippen LogP contribution in [0.4, 0.5) is 0 Å². The number of aryl methyl sites for hydroxylation is 1. The lowest BCUT2D eigenvalue weighted by molar-refractivity contribution is -0.118. The Morgan fingerprint density at radius 2 is 2.11 bits per heavy atom. The van der Waals surface area contributed by atoms with Gasteiger partial charge in [0.15, 0.2) is 5.78 Å². The Morgan fingerprint density at radius 1 is 1.44 bits per heavy atom. The van der Waals surface area contributed by atoms with Crippen molar-refractivity contribution in [3.05, 3.63) is 20.8 Å². The quantitative estimate of drug-likeness (QED) is 0.871. The molecule has 1 rings (SSSR count). The zero-order valence-corrected chi connectivity index (χ0v) is 12.5. The number of halogens is 1. The number of ketones is 1. The topological polar surface area (TPSA) is 46.2 Å². The van der Waals surface area contributed by atoms with Gasteiger partial charge in [-0.3, -0.25) is 9.59 Å². The summed E-state index contributed by atoms with van der Waals surface area (Å²) in [4.78, 5) is 23.8. The highest BCUT2D eigenvalue weighted by molar-refractivity contribution is 7.13. The van der Waals surface area contributed by atoms with Crippen molar-refractivity contribution in [3.63, 3.8) is 0 Å². The first kappa shape index (κ1) is 15.2. The molecule has 18 heavy (non-hydrogen) atoms. The number of Topliss-reactive ketones (excluding diaryl/α,β-unsaturated/α-hetero) is 1. The van der Waals surface area contributed by atoms with E-state index in [0.29, 0.717) is 22.2 Å². The van der Waals surface area contributed by atoms with Gasteiger partial charge in [-0.2, -0.15) is 0 Å². The minimum Gasteiger partial charge on any atom is -0.344 e. The summed E-state index contributed by atoms with van der Waals surface area (Å²) < 4.78 is 0. The zero-order valence-electron chi connectivity index (χ0n) is 10.9. The fraction of sp³-hybridized carbons (Fsp3) is 0.538. The molecule has 0 saturated carbocycles. The minimum absolute atomic E-state index is 0.0569. The largest absolute Gasteiger partial charge is 0.344 e. The van der Waals surface area contributed by atoms with E-state index in [1.807, 2.05) is 12.3 Å². The SMILES string of the molecule is Cc1csc(C(=O)NCC(=O)CCC(C)C)c1Cl. The average Bonchev–Trinajstić information content (AvgIpc) is 2.64. The van der Waals surface area contributed by atoms with Gasteiger partial charge in [0, 0.05) is 6.42 Å². The van der Waals surface area contributed by atoms with Crippen LogP contribution >= 0.6 is 22.9 Å². The van der Waals surface area contributed by atoms with E-state index in [2.05, 4.69) is 19.2 Å². The van der Waals surface area contributed by atoms with Crippen molar-refractivity contribution >= 4 is 34.6 Å². The van der Waals surface area contributed by atoms with Crippen LogP contribution in [-0.2, 0) is 4.79 Å². The average molecular weight is 288 g/mol. The predicted molar refractivity (Wildman–Crippen MR) is 75.5 cm³/mol. The molecule has 100 valence electrons. The van der Waals surface area contributed by atoms with Crippen LogP contribution in [0.3, 0.4) is 0 Å². The van der Waals surface area contributed by atoms with E-state index in [1.54, 1.807) is 0 Å².